The maximum Gasteiger partial charge on any atom is 0.358 e. The number of halogens is 1. The Morgan fingerprint density at radius 1 is 1.13 bits per heavy atom. The van der Waals surface area contributed by atoms with Gasteiger partial charge in [0.05, 0.1) is 26.9 Å². The third kappa shape index (κ3) is 5.55. The monoisotopic (exact) mass is 471 g/mol. The number of amides is 1. The summed E-state index contributed by atoms with van der Waals surface area (Å²) in [6.07, 6.45) is 0. The van der Waals surface area contributed by atoms with Crippen LogP contribution in [0, 0.1) is 6.92 Å². The highest BCUT2D eigenvalue weighted by Gasteiger charge is 2.20. The molecule has 0 radical (unpaired) electrons. The topological polar surface area (TPSA) is 82.5 Å². The SMILES string of the molecule is COC(=O)c1cc(C(=O)Nc2ccc(Br)cc2C)n(CCOCc2ccccc2)n1. The molecule has 3 rings (SSSR count). The van der Waals surface area contributed by atoms with Crippen LogP contribution in [0.1, 0.15) is 32.1 Å². The van der Waals surface area contributed by atoms with Gasteiger partial charge in [0.2, 0.25) is 0 Å². The Hall–Kier alpha value is -2.97. The number of esters is 1. The van der Waals surface area contributed by atoms with Crippen molar-refractivity contribution < 1.29 is 19.1 Å². The van der Waals surface area contributed by atoms with Crippen molar-refractivity contribution in [3.63, 3.8) is 0 Å². The first-order valence-corrected chi connectivity index (χ1v) is 10.1. The van der Waals surface area contributed by atoms with E-state index in [4.69, 9.17) is 9.47 Å². The zero-order valence-electron chi connectivity index (χ0n) is 16.7. The van der Waals surface area contributed by atoms with Crippen LogP contribution in [0.4, 0.5) is 5.69 Å². The molecule has 7 nitrogen and oxygen atoms in total. The average molecular weight is 472 g/mol. The number of aromatic nitrogens is 2. The number of benzene rings is 2. The molecule has 1 amide bonds. The lowest BCUT2D eigenvalue weighted by molar-refractivity contribution is 0.0591. The minimum atomic E-state index is -0.604. The van der Waals surface area contributed by atoms with Gasteiger partial charge in [-0.1, -0.05) is 46.3 Å². The molecule has 156 valence electrons. The van der Waals surface area contributed by atoms with Gasteiger partial charge in [0, 0.05) is 16.2 Å². The van der Waals surface area contributed by atoms with Gasteiger partial charge in [0.15, 0.2) is 5.69 Å². The van der Waals surface area contributed by atoms with Crippen molar-refractivity contribution in [3.05, 3.63) is 81.6 Å². The summed E-state index contributed by atoms with van der Waals surface area (Å²) >= 11 is 3.41. The number of carbonyl (C=O) groups is 2. The molecule has 0 fully saturated rings. The minimum absolute atomic E-state index is 0.0678. The Morgan fingerprint density at radius 2 is 1.90 bits per heavy atom. The first-order valence-electron chi connectivity index (χ1n) is 9.33. The van der Waals surface area contributed by atoms with Crippen LogP contribution in [-0.4, -0.2) is 35.4 Å². The van der Waals surface area contributed by atoms with Gasteiger partial charge in [-0.25, -0.2) is 4.79 Å². The van der Waals surface area contributed by atoms with Crippen LogP contribution in [0.2, 0.25) is 0 Å². The lowest BCUT2D eigenvalue weighted by Gasteiger charge is -2.11. The highest BCUT2D eigenvalue weighted by molar-refractivity contribution is 9.10. The summed E-state index contributed by atoms with van der Waals surface area (Å²) in [6.45, 7) is 2.99. The van der Waals surface area contributed by atoms with Crippen LogP contribution >= 0.6 is 15.9 Å². The molecule has 0 aliphatic carbocycles. The average Bonchev–Trinajstić information content (AvgIpc) is 3.18. The van der Waals surface area contributed by atoms with Crippen molar-refractivity contribution in [2.45, 2.75) is 20.1 Å². The molecule has 0 saturated heterocycles. The number of hydrogen-bond donors (Lipinski definition) is 1. The predicted octanol–water partition coefficient (Wildman–Crippen LogP) is 4.21. The summed E-state index contributed by atoms with van der Waals surface area (Å²) in [5.74, 6) is -0.973. The Morgan fingerprint density at radius 3 is 2.60 bits per heavy atom. The van der Waals surface area contributed by atoms with Crippen molar-refractivity contribution in [2.24, 2.45) is 0 Å². The van der Waals surface area contributed by atoms with Crippen LogP contribution in [-0.2, 0) is 22.6 Å². The Kier molecular flexibility index (Phi) is 7.37. The molecule has 1 N–H and O–H groups in total. The second-order valence-electron chi connectivity index (χ2n) is 6.58. The number of methoxy groups -OCH3 is 1. The molecule has 0 atom stereocenters. The molecule has 0 bridgehead atoms. The highest BCUT2D eigenvalue weighted by atomic mass is 79.9. The molecule has 0 spiro atoms. The van der Waals surface area contributed by atoms with Crippen LogP contribution in [0.25, 0.3) is 0 Å². The first kappa shape index (κ1) is 21.7. The van der Waals surface area contributed by atoms with Gasteiger partial charge in [-0.2, -0.15) is 5.10 Å². The second kappa shape index (κ2) is 10.2. The Bertz CT molecular complexity index is 1030. The summed E-state index contributed by atoms with van der Waals surface area (Å²) in [5, 5.41) is 7.09. The third-order valence-corrected chi connectivity index (χ3v) is 4.90. The molecule has 0 unspecified atom stereocenters. The van der Waals surface area contributed by atoms with E-state index in [9.17, 15) is 9.59 Å². The van der Waals surface area contributed by atoms with Crippen molar-refractivity contribution >= 4 is 33.5 Å². The number of anilines is 1. The van der Waals surface area contributed by atoms with Crippen LogP contribution in [0.15, 0.2) is 59.1 Å². The van der Waals surface area contributed by atoms with Gasteiger partial charge in [-0.15, -0.1) is 0 Å². The predicted molar refractivity (Wildman–Crippen MR) is 116 cm³/mol. The van der Waals surface area contributed by atoms with E-state index in [1.165, 1.54) is 17.9 Å². The first-order chi connectivity index (χ1) is 14.5. The largest absolute Gasteiger partial charge is 0.464 e. The van der Waals surface area contributed by atoms with E-state index in [2.05, 4.69) is 26.3 Å². The summed E-state index contributed by atoms with van der Waals surface area (Å²) in [4.78, 5) is 24.8. The zero-order chi connectivity index (χ0) is 21.5. The smallest absolute Gasteiger partial charge is 0.358 e. The quantitative estimate of drug-likeness (QED) is 0.393. The van der Waals surface area contributed by atoms with Crippen molar-refractivity contribution in [1.29, 1.82) is 0 Å². The highest BCUT2D eigenvalue weighted by Crippen LogP contribution is 2.21. The summed E-state index contributed by atoms with van der Waals surface area (Å²) in [6, 6.07) is 16.8. The van der Waals surface area contributed by atoms with E-state index in [0.717, 1.165) is 15.6 Å². The van der Waals surface area contributed by atoms with E-state index < -0.39 is 5.97 Å². The summed E-state index contributed by atoms with van der Waals surface area (Å²) in [7, 11) is 1.27. The van der Waals surface area contributed by atoms with E-state index in [1.54, 1.807) is 0 Å². The lowest BCUT2D eigenvalue weighted by Crippen LogP contribution is -2.20. The zero-order valence-corrected chi connectivity index (χ0v) is 18.3. The van der Waals surface area contributed by atoms with Crippen molar-refractivity contribution in [2.75, 3.05) is 19.0 Å². The normalized spacial score (nSPS) is 10.6. The molecule has 1 aromatic heterocycles. The standard InChI is InChI=1S/C22H22BrN3O4/c1-15-12-17(23)8-9-18(15)24-21(27)20-13-19(22(28)29-2)25-26(20)10-11-30-14-16-6-4-3-5-7-16/h3-9,12-13H,10-11,14H2,1-2H3,(H,24,27). The molecule has 0 aliphatic heterocycles. The van der Waals surface area contributed by atoms with E-state index in [1.807, 2.05) is 55.5 Å². The van der Waals surface area contributed by atoms with E-state index in [0.29, 0.717) is 25.4 Å². The molecule has 2 aromatic carbocycles. The Labute approximate surface area is 183 Å². The van der Waals surface area contributed by atoms with E-state index >= 15 is 0 Å². The number of rotatable bonds is 8. The summed E-state index contributed by atoms with van der Waals surface area (Å²) < 4.78 is 12.8. The Balaban J connectivity index is 1.72. The third-order valence-electron chi connectivity index (χ3n) is 4.40. The van der Waals surface area contributed by atoms with Gasteiger partial charge < -0.3 is 14.8 Å². The lowest BCUT2D eigenvalue weighted by atomic mass is 10.2. The fraction of sp³-hybridized carbons (Fsp3) is 0.227. The minimum Gasteiger partial charge on any atom is -0.464 e. The number of nitrogens with zero attached hydrogens (tertiary/aromatic N) is 2. The summed E-state index contributed by atoms with van der Waals surface area (Å²) in [5.41, 5.74) is 2.95. The number of nitrogens with one attached hydrogen (secondary N) is 1. The maximum absolute atomic E-state index is 12.9. The second-order valence-corrected chi connectivity index (χ2v) is 7.50. The van der Waals surface area contributed by atoms with Gasteiger partial charge in [-0.3, -0.25) is 9.48 Å². The van der Waals surface area contributed by atoms with Gasteiger partial charge >= 0.3 is 5.97 Å². The molecule has 1 heterocycles. The van der Waals surface area contributed by atoms with Gasteiger partial charge in [0.25, 0.3) is 5.91 Å². The van der Waals surface area contributed by atoms with Crippen LogP contribution in [0.5, 0.6) is 0 Å². The van der Waals surface area contributed by atoms with Crippen LogP contribution in [0.3, 0.4) is 0 Å². The van der Waals surface area contributed by atoms with Crippen molar-refractivity contribution in [1.82, 2.24) is 9.78 Å². The maximum atomic E-state index is 12.9. The van der Waals surface area contributed by atoms with Crippen molar-refractivity contribution in [3.8, 4) is 0 Å². The number of hydrogen-bond acceptors (Lipinski definition) is 5. The number of carbonyl (C=O) groups excluding carboxylic acids is 2. The van der Waals surface area contributed by atoms with Crippen LogP contribution < -0.4 is 5.32 Å². The fourth-order valence-electron chi connectivity index (χ4n) is 2.84. The molecule has 0 saturated carbocycles. The molecule has 3 aromatic rings. The molecule has 8 heteroatoms. The van der Waals surface area contributed by atoms with Gasteiger partial charge in [0.1, 0.15) is 5.69 Å². The van der Waals surface area contributed by atoms with E-state index in [-0.39, 0.29) is 17.3 Å². The number of ether oxygens (including phenoxy) is 2. The number of aryl methyl sites for hydroxylation is 1. The fourth-order valence-corrected chi connectivity index (χ4v) is 3.32. The van der Waals surface area contributed by atoms with Gasteiger partial charge in [-0.05, 0) is 36.2 Å². The molecule has 0 aliphatic rings. The molecular weight excluding hydrogens is 450 g/mol. The molecular formula is C22H22BrN3O4. The molecule has 30 heavy (non-hydrogen) atoms.